The smallest absolute Gasteiger partial charge is 0.115 e. The Morgan fingerprint density at radius 2 is 2.36 bits per heavy atom. The van der Waals surface area contributed by atoms with Gasteiger partial charge in [0.05, 0.1) is 9.88 Å². The van der Waals surface area contributed by atoms with Gasteiger partial charge in [0.1, 0.15) is 4.99 Å². The predicted octanol–water partition coefficient (Wildman–Crippen LogP) is 1.90. The second kappa shape index (κ2) is 3.28. The Hall–Kier alpha value is -0.480. The highest BCUT2D eigenvalue weighted by atomic mass is 32.1. The monoisotopic (exact) mass is 186 g/mol. The van der Waals surface area contributed by atoms with Crippen molar-refractivity contribution in [2.24, 2.45) is 5.73 Å². The van der Waals surface area contributed by atoms with Crippen molar-refractivity contribution in [1.82, 2.24) is 4.98 Å². The summed E-state index contributed by atoms with van der Waals surface area (Å²) in [6.45, 7) is 4.20. The van der Waals surface area contributed by atoms with E-state index in [1.54, 1.807) is 17.5 Å². The summed E-state index contributed by atoms with van der Waals surface area (Å²) in [6, 6.07) is 0. The van der Waals surface area contributed by atoms with Gasteiger partial charge in [0.2, 0.25) is 0 Å². The highest BCUT2D eigenvalue weighted by Crippen LogP contribution is 2.20. The van der Waals surface area contributed by atoms with Crippen LogP contribution in [0.15, 0.2) is 6.20 Å². The number of nitrogens with two attached hydrogens (primary N) is 1. The summed E-state index contributed by atoms with van der Waals surface area (Å²) in [5.41, 5.74) is 5.43. The van der Waals surface area contributed by atoms with Crippen molar-refractivity contribution < 1.29 is 0 Å². The zero-order valence-electron chi connectivity index (χ0n) is 6.50. The lowest BCUT2D eigenvalue weighted by Crippen LogP contribution is -2.06. The molecule has 0 saturated heterocycles. The standard InChI is InChI=1S/C7H10N2S2/c1-4(2)7-9-3-5(11-7)6(8)10/h3-4H,1-2H3,(H2,8,10). The van der Waals surface area contributed by atoms with Crippen molar-refractivity contribution in [2.75, 3.05) is 0 Å². The Kier molecular flexibility index (Phi) is 2.57. The largest absolute Gasteiger partial charge is 0.389 e. The lowest BCUT2D eigenvalue weighted by atomic mass is 10.2. The van der Waals surface area contributed by atoms with Crippen LogP contribution in [0.1, 0.15) is 29.7 Å². The van der Waals surface area contributed by atoms with Crippen LogP contribution in [0, 0.1) is 0 Å². The fraction of sp³-hybridized carbons (Fsp3) is 0.429. The fourth-order valence-corrected chi connectivity index (χ4v) is 1.62. The maximum Gasteiger partial charge on any atom is 0.115 e. The van der Waals surface area contributed by atoms with E-state index in [0.29, 0.717) is 10.9 Å². The molecule has 0 unspecified atom stereocenters. The molecule has 0 saturated carbocycles. The van der Waals surface area contributed by atoms with E-state index >= 15 is 0 Å². The number of rotatable bonds is 2. The van der Waals surface area contributed by atoms with Gasteiger partial charge in [0, 0.05) is 12.1 Å². The van der Waals surface area contributed by atoms with Gasteiger partial charge in [-0.25, -0.2) is 4.98 Å². The molecule has 0 radical (unpaired) electrons. The molecule has 60 valence electrons. The molecule has 1 rings (SSSR count). The molecule has 1 aromatic rings. The van der Waals surface area contributed by atoms with Gasteiger partial charge in [-0.15, -0.1) is 11.3 Å². The minimum absolute atomic E-state index is 0.439. The van der Waals surface area contributed by atoms with E-state index in [1.165, 1.54) is 0 Å². The third-order valence-corrected chi connectivity index (χ3v) is 2.94. The molecule has 1 aromatic heterocycles. The van der Waals surface area contributed by atoms with Crippen LogP contribution in [0.4, 0.5) is 0 Å². The summed E-state index contributed by atoms with van der Waals surface area (Å²) in [5, 5.41) is 1.09. The second-order valence-corrected chi connectivity index (χ2v) is 4.08. The summed E-state index contributed by atoms with van der Waals surface area (Å²) in [4.78, 5) is 5.53. The molecule has 0 amide bonds. The molecule has 11 heavy (non-hydrogen) atoms. The van der Waals surface area contributed by atoms with Crippen LogP contribution in [0.3, 0.4) is 0 Å². The summed E-state index contributed by atoms with van der Waals surface area (Å²) < 4.78 is 0. The number of hydrogen-bond donors (Lipinski definition) is 1. The zero-order chi connectivity index (χ0) is 8.43. The van der Waals surface area contributed by atoms with Gasteiger partial charge in [0.25, 0.3) is 0 Å². The molecule has 0 atom stereocenters. The number of thiazole rings is 1. The molecule has 4 heteroatoms. The van der Waals surface area contributed by atoms with Crippen LogP contribution in [-0.4, -0.2) is 9.97 Å². The van der Waals surface area contributed by atoms with Crippen LogP contribution in [-0.2, 0) is 0 Å². The van der Waals surface area contributed by atoms with Crippen LogP contribution in [0.5, 0.6) is 0 Å². The van der Waals surface area contributed by atoms with Crippen molar-refractivity contribution in [3.63, 3.8) is 0 Å². The van der Waals surface area contributed by atoms with Crippen molar-refractivity contribution in [1.29, 1.82) is 0 Å². The highest BCUT2D eigenvalue weighted by Gasteiger charge is 2.06. The maximum absolute atomic E-state index is 5.43. The van der Waals surface area contributed by atoms with Gasteiger partial charge in [-0.1, -0.05) is 26.1 Å². The van der Waals surface area contributed by atoms with E-state index in [-0.39, 0.29) is 0 Å². The Morgan fingerprint density at radius 1 is 1.73 bits per heavy atom. The van der Waals surface area contributed by atoms with Crippen LogP contribution < -0.4 is 5.73 Å². The van der Waals surface area contributed by atoms with Crippen LogP contribution in [0.25, 0.3) is 0 Å². The molecule has 0 bridgehead atoms. The Balaban J connectivity index is 2.90. The molecule has 1 heterocycles. The van der Waals surface area contributed by atoms with E-state index in [2.05, 4.69) is 18.8 Å². The first-order valence-corrected chi connectivity index (χ1v) is 4.59. The summed E-state index contributed by atoms with van der Waals surface area (Å²) in [5.74, 6) is 0.461. The molecule has 0 fully saturated rings. The Bertz CT molecular complexity index is 265. The Labute approximate surface area is 75.4 Å². The zero-order valence-corrected chi connectivity index (χ0v) is 8.13. The van der Waals surface area contributed by atoms with Gasteiger partial charge in [-0.05, 0) is 0 Å². The minimum atomic E-state index is 0.439. The molecule has 0 aromatic carbocycles. The van der Waals surface area contributed by atoms with Crippen LogP contribution in [0.2, 0.25) is 0 Å². The van der Waals surface area contributed by atoms with Crippen molar-refractivity contribution in [3.05, 3.63) is 16.1 Å². The normalized spacial score (nSPS) is 10.5. The molecule has 0 aliphatic rings. The van der Waals surface area contributed by atoms with Crippen LogP contribution >= 0.6 is 23.6 Å². The molecule has 2 N–H and O–H groups in total. The van der Waals surface area contributed by atoms with Gasteiger partial charge in [-0.2, -0.15) is 0 Å². The van der Waals surface area contributed by atoms with Crippen molar-refractivity contribution >= 4 is 28.5 Å². The van der Waals surface area contributed by atoms with Gasteiger partial charge in [-0.3, -0.25) is 0 Å². The number of aromatic nitrogens is 1. The Morgan fingerprint density at radius 3 is 2.64 bits per heavy atom. The van der Waals surface area contributed by atoms with E-state index in [9.17, 15) is 0 Å². The molecule has 2 nitrogen and oxygen atoms in total. The second-order valence-electron chi connectivity index (χ2n) is 2.58. The first-order chi connectivity index (χ1) is 5.11. The molecular weight excluding hydrogens is 176 g/mol. The first kappa shape index (κ1) is 8.62. The van der Waals surface area contributed by atoms with Crippen molar-refractivity contribution in [3.8, 4) is 0 Å². The average Bonchev–Trinajstić information content (AvgIpc) is 2.33. The maximum atomic E-state index is 5.43. The SMILES string of the molecule is CC(C)c1ncc(C(N)=S)s1. The number of thiocarbonyl (C=S) groups is 1. The highest BCUT2D eigenvalue weighted by molar-refractivity contribution is 7.81. The quantitative estimate of drug-likeness (QED) is 0.717. The third-order valence-electron chi connectivity index (χ3n) is 1.26. The molecule has 0 aliphatic heterocycles. The predicted molar refractivity (Wildman–Crippen MR) is 52.1 cm³/mol. The number of hydrogen-bond acceptors (Lipinski definition) is 3. The van der Waals surface area contributed by atoms with E-state index in [4.69, 9.17) is 18.0 Å². The lowest BCUT2D eigenvalue weighted by Gasteiger charge is -1.95. The summed E-state index contributed by atoms with van der Waals surface area (Å²) in [6.07, 6.45) is 1.74. The first-order valence-electron chi connectivity index (χ1n) is 3.36. The average molecular weight is 186 g/mol. The lowest BCUT2D eigenvalue weighted by molar-refractivity contribution is 0.852. The minimum Gasteiger partial charge on any atom is -0.389 e. The van der Waals surface area contributed by atoms with Gasteiger partial charge < -0.3 is 5.73 Å². The third kappa shape index (κ3) is 1.97. The molecule has 0 aliphatic carbocycles. The van der Waals surface area contributed by atoms with E-state index in [1.807, 2.05) is 0 Å². The fourth-order valence-electron chi connectivity index (χ4n) is 0.668. The van der Waals surface area contributed by atoms with Gasteiger partial charge in [0.15, 0.2) is 0 Å². The van der Waals surface area contributed by atoms with E-state index in [0.717, 1.165) is 9.88 Å². The number of nitrogens with zero attached hydrogens (tertiary/aromatic N) is 1. The molecular formula is C7H10N2S2. The molecule has 0 spiro atoms. The summed E-state index contributed by atoms with van der Waals surface area (Å²) in [7, 11) is 0. The summed E-state index contributed by atoms with van der Waals surface area (Å²) >= 11 is 6.38. The van der Waals surface area contributed by atoms with Gasteiger partial charge >= 0.3 is 0 Å². The van der Waals surface area contributed by atoms with Crippen molar-refractivity contribution in [2.45, 2.75) is 19.8 Å². The topological polar surface area (TPSA) is 38.9 Å². The van der Waals surface area contributed by atoms with E-state index < -0.39 is 0 Å².